The number of carbonyl (C=O) groups is 1. The van der Waals surface area contributed by atoms with Crippen LogP contribution < -0.4 is 4.90 Å². The maximum atomic E-state index is 12.3. The maximum absolute atomic E-state index is 12.3. The molecule has 0 N–H and O–H groups in total. The number of rotatable bonds is 2. The van der Waals surface area contributed by atoms with Gasteiger partial charge in [0.05, 0.1) is 0 Å². The normalized spacial score (nSPS) is 23.9. The predicted molar refractivity (Wildman–Crippen MR) is 77.9 cm³/mol. The van der Waals surface area contributed by atoms with Gasteiger partial charge in [0, 0.05) is 31.6 Å². The molecule has 1 amide bonds. The topological polar surface area (TPSA) is 36.4 Å². The van der Waals surface area contributed by atoms with E-state index in [-0.39, 0.29) is 5.91 Å². The zero-order valence-corrected chi connectivity index (χ0v) is 12.3. The summed E-state index contributed by atoms with van der Waals surface area (Å²) in [5, 5.41) is 2.95. The number of thiazole rings is 1. The molecule has 19 heavy (non-hydrogen) atoms. The van der Waals surface area contributed by atoms with Crippen LogP contribution in [0.1, 0.15) is 43.1 Å². The Morgan fingerprint density at radius 1 is 1.32 bits per heavy atom. The van der Waals surface area contributed by atoms with E-state index in [2.05, 4.69) is 16.8 Å². The van der Waals surface area contributed by atoms with Crippen molar-refractivity contribution >= 4 is 22.4 Å². The van der Waals surface area contributed by atoms with Gasteiger partial charge in [0.1, 0.15) is 5.69 Å². The molecule has 2 aliphatic heterocycles. The first-order valence-electron chi connectivity index (χ1n) is 7.24. The van der Waals surface area contributed by atoms with Crippen LogP contribution in [0.4, 0.5) is 5.13 Å². The average molecular weight is 279 g/mol. The molecule has 0 bridgehead atoms. The lowest BCUT2D eigenvalue weighted by Gasteiger charge is -2.30. The fraction of sp³-hybridized carbons (Fsp3) is 0.714. The molecule has 4 nitrogen and oxygen atoms in total. The summed E-state index contributed by atoms with van der Waals surface area (Å²) >= 11 is 1.61. The number of hydrogen-bond donors (Lipinski definition) is 0. The first-order chi connectivity index (χ1) is 9.24. The van der Waals surface area contributed by atoms with Crippen molar-refractivity contribution in [1.29, 1.82) is 0 Å². The molecule has 0 saturated carbocycles. The Bertz CT molecular complexity index is 453. The number of piperidine rings is 1. The quantitative estimate of drug-likeness (QED) is 0.835. The number of nitrogens with zero attached hydrogens (tertiary/aromatic N) is 3. The van der Waals surface area contributed by atoms with Gasteiger partial charge in [-0.05, 0) is 31.6 Å². The fourth-order valence-electron chi connectivity index (χ4n) is 2.95. The fourth-order valence-corrected chi connectivity index (χ4v) is 3.79. The van der Waals surface area contributed by atoms with Crippen molar-refractivity contribution in [3.63, 3.8) is 0 Å². The number of carbonyl (C=O) groups excluding carboxylic acids is 1. The van der Waals surface area contributed by atoms with Gasteiger partial charge < -0.3 is 9.80 Å². The molecule has 0 spiro atoms. The predicted octanol–water partition coefficient (Wildman–Crippen LogP) is 2.62. The summed E-state index contributed by atoms with van der Waals surface area (Å²) in [4.78, 5) is 21.1. The zero-order valence-electron chi connectivity index (χ0n) is 11.5. The smallest absolute Gasteiger partial charge is 0.273 e. The molecule has 1 aromatic heterocycles. The second-order valence-corrected chi connectivity index (χ2v) is 6.54. The van der Waals surface area contributed by atoms with Gasteiger partial charge in [-0.3, -0.25) is 4.79 Å². The first-order valence-corrected chi connectivity index (χ1v) is 8.12. The van der Waals surface area contributed by atoms with E-state index in [1.807, 2.05) is 10.3 Å². The second kappa shape index (κ2) is 5.49. The van der Waals surface area contributed by atoms with E-state index in [1.165, 1.54) is 12.8 Å². The van der Waals surface area contributed by atoms with E-state index in [1.54, 1.807) is 11.3 Å². The maximum Gasteiger partial charge on any atom is 0.273 e. The molecule has 104 valence electrons. The van der Waals surface area contributed by atoms with Gasteiger partial charge >= 0.3 is 0 Å². The Morgan fingerprint density at radius 3 is 2.84 bits per heavy atom. The van der Waals surface area contributed by atoms with Gasteiger partial charge in [0.15, 0.2) is 5.13 Å². The highest BCUT2D eigenvalue weighted by Gasteiger charge is 2.24. The lowest BCUT2D eigenvalue weighted by molar-refractivity contribution is 0.0788. The number of hydrogen-bond acceptors (Lipinski definition) is 4. The summed E-state index contributed by atoms with van der Waals surface area (Å²) < 4.78 is 0. The van der Waals surface area contributed by atoms with E-state index in [4.69, 9.17) is 0 Å². The second-order valence-electron chi connectivity index (χ2n) is 5.71. The Balaban J connectivity index is 1.70. The van der Waals surface area contributed by atoms with E-state index in [0.29, 0.717) is 5.69 Å². The molecule has 0 radical (unpaired) electrons. The Hall–Kier alpha value is -1.10. The molecule has 1 atom stereocenters. The zero-order chi connectivity index (χ0) is 13.2. The molecule has 3 rings (SSSR count). The number of anilines is 1. The van der Waals surface area contributed by atoms with Crippen LogP contribution in [0.5, 0.6) is 0 Å². The number of amides is 1. The van der Waals surface area contributed by atoms with Gasteiger partial charge in [-0.15, -0.1) is 11.3 Å². The third-order valence-corrected chi connectivity index (χ3v) is 4.93. The summed E-state index contributed by atoms with van der Waals surface area (Å²) in [5.74, 6) is 0.848. The Labute approximate surface area is 118 Å². The molecular weight excluding hydrogens is 258 g/mol. The number of likely N-dealkylation sites (tertiary alicyclic amines) is 1. The van der Waals surface area contributed by atoms with Crippen LogP contribution in [-0.2, 0) is 0 Å². The van der Waals surface area contributed by atoms with Crippen LogP contribution in [0.2, 0.25) is 0 Å². The van der Waals surface area contributed by atoms with Gasteiger partial charge in [-0.2, -0.15) is 0 Å². The molecular formula is C14H21N3OS. The van der Waals surface area contributed by atoms with E-state index < -0.39 is 0 Å². The minimum atomic E-state index is 0.116. The van der Waals surface area contributed by atoms with Crippen LogP contribution in [0.25, 0.3) is 0 Å². The van der Waals surface area contributed by atoms with Crippen LogP contribution in [0.3, 0.4) is 0 Å². The molecule has 2 aliphatic rings. The molecule has 1 aromatic rings. The van der Waals surface area contributed by atoms with Crippen molar-refractivity contribution in [2.75, 3.05) is 31.1 Å². The Kier molecular flexibility index (Phi) is 3.73. The van der Waals surface area contributed by atoms with Gasteiger partial charge in [-0.1, -0.05) is 6.92 Å². The molecule has 2 saturated heterocycles. The monoisotopic (exact) mass is 279 g/mol. The highest BCUT2D eigenvalue weighted by Crippen LogP contribution is 2.27. The van der Waals surface area contributed by atoms with Crippen molar-refractivity contribution < 1.29 is 4.79 Å². The van der Waals surface area contributed by atoms with E-state index in [0.717, 1.165) is 50.1 Å². The summed E-state index contributed by atoms with van der Waals surface area (Å²) in [6.07, 6.45) is 4.80. The van der Waals surface area contributed by atoms with Gasteiger partial charge in [0.25, 0.3) is 5.91 Å². The van der Waals surface area contributed by atoms with Crippen LogP contribution in [-0.4, -0.2) is 42.0 Å². The van der Waals surface area contributed by atoms with E-state index in [9.17, 15) is 4.79 Å². The van der Waals surface area contributed by atoms with Gasteiger partial charge in [0.2, 0.25) is 0 Å². The first kappa shape index (κ1) is 12.9. The molecule has 0 aromatic carbocycles. The number of aromatic nitrogens is 1. The van der Waals surface area contributed by atoms with Crippen LogP contribution in [0, 0.1) is 5.92 Å². The van der Waals surface area contributed by atoms with E-state index >= 15 is 0 Å². The van der Waals surface area contributed by atoms with Crippen molar-refractivity contribution in [2.24, 2.45) is 5.92 Å². The molecule has 0 aliphatic carbocycles. The van der Waals surface area contributed by atoms with Crippen molar-refractivity contribution in [2.45, 2.75) is 32.6 Å². The largest absolute Gasteiger partial charge is 0.348 e. The third kappa shape index (κ3) is 2.76. The summed E-state index contributed by atoms with van der Waals surface area (Å²) in [7, 11) is 0. The lowest BCUT2D eigenvalue weighted by atomic mass is 10.0. The van der Waals surface area contributed by atoms with Crippen molar-refractivity contribution in [3.8, 4) is 0 Å². The molecule has 5 heteroatoms. The van der Waals surface area contributed by atoms with Crippen LogP contribution >= 0.6 is 11.3 Å². The summed E-state index contributed by atoms with van der Waals surface area (Å²) in [5.41, 5.74) is 0.639. The lowest BCUT2D eigenvalue weighted by Crippen LogP contribution is -2.34. The van der Waals surface area contributed by atoms with Crippen molar-refractivity contribution in [3.05, 3.63) is 11.1 Å². The summed E-state index contributed by atoms with van der Waals surface area (Å²) in [6, 6.07) is 0. The average Bonchev–Trinajstić information content (AvgIpc) is 3.10. The molecule has 3 heterocycles. The third-order valence-electron chi connectivity index (χ3n) is 4.03. The minimum absolute atomic E-state index is 0.116. The Morgan fingerprint density at radius 2 is 2.11 bits per heavy atom. The molecule has 0 unspecified atom stereocenters. The minimum Gasteiger partial charge on any atom is -0.348 e. The highest BCUT2D eigenvalue weighted by atomic mass is 32.1. The standard InChI is InChI=1S/C14H21N3OS/c1-11-5-4-8-17(9-11)14-15-12(10-19-14)13(18)16-6-2-3-7-16/h10-11H,2-9H2,1H3/t11-/m0/s1. The highest BCUT2D eigenvalue weighted by molar-refractivity contribution is 7.13. The SMILES string of the molecule is C[C@H]1CCCN(c2nc(C(=O)N3CCCC3)cs2)C1. The summed E-state index contributed by atoms with van der Waals surface area (Å²) in [6.45, 7) is 6.23. The molecule has 2 fully saturated rings. The van der Waals surface area contributed by atoms with Gasteiger partial charge in [-0.25, -0.2) is 4.98 Å². The van der Waals surface area contributed by atoms with Crippen LogP contribution in [0.15, 0.2) is 5.38 Å². The van der Waals surface area contributed by atoms with Crippen molar-refractivity contribution in [1.82, 2.24) is 9.88 Å².